The summed E-state index contributed by atoms with van der Waals surface area (Å²) < 4.78 is 0. The molecule has 0 aromatic heterocycles. The smallest absolute Gasteiger partial charge is 0.325 e. The molecule has 0 radical (unpaired) electrons. The van der Waals surface area contributed by atoms with E-state index in [4.69, 9.17) is 10.8 Å². The molecule has 110 valence electrons. The zero-order valence-corrected chi connectivity index (χ0v) is 11.8. The van der Waals surface area contributed by atoms with Crippen LogP contribution in [0.2, 0.25) is 0 Å². The predicted molar refractivity (Wildman–Crippen MR) is 70.3 cm³/mol. The van der Waals surface area contributed by atoms with Crippen LogP contribution in [0.15, 0.2) is 0 Å². The second-order valence-electron chi connectivity index (χ2n) is 5.05. The van der Waals surface area contributed by atoms with E-state index in [1.807, 2.05) is 13.8 Å². The summed E-state index contributed by atoms with van der Waals surface area (Å²) >= 11 is 0. The number of hydrogen-bond acceptors (Lipinski definition) is 4. The van der Waals surface area contributed by atoms with E-state index in [9.17, 15) is 14.4 Å². The summed E-state index contributed by atoms with van der Waals surface area (Å²) in [6, 6.07) is -2.51. The Labute approximate surface area is 112 Å². The molecule has 19 heavy (non-hydrogen) atoms. The van der Waals surface area contributed by atoms with E-state index in [0.29, 0.717) is 6.42 Å². The van der Waals surface area contributed by atoms with Gasteiger partial charge in [-0.2, -0.15) is 0 Å². The number of rotatable bonds is 7. The quantitative estimate of drug-likeness (QED) is 0.496. The molecule has 0 spiro atoms. The van der Waals surface area contributed by atoms with E-state index in [1.54, 1.807) is 0 Å². The minimum absolute atomic E-state index is 0.171. The third-order valence-electron chi connectivity index (χ3n) is 2.48. The van der Waals surface area contributed by atoms with Gasteiger partial charge in [-0.3, -0.25) is 14.4 Å². The maximum absolute atomic E-state index is 11.9. The van der Waals surface area contributed by atoms with Crippen LogP contribution in [-0.4, -0.2) is 41.0 Å². The molecule has 0 aromatic rings. The van der Waals surface area contributed by atoms with Crippen LogP contribution in [0, 0.1) is 5.92 Å². The summed E-state index contributed by atoms with van der Waals surface area (Å²) in [7, 11) is 0. The minimum atomic E-state index is -1.13. The molecule has 0 aromatic carbocycles. The van der Waals surface area contributed by atoms with Gasteiger partial charge in [-0.1, -0.05) is 13.8 Å². The summed E-state index contributed by atoms with van der Waals surface area (Å²) in [6.45, 7) is 6.68. The average Bonchev–Trinajstić information content (AvgIpc) is 2.26. The van der Waals surface area contributed by atoms with Crippen molar-refractivity contribution in [2.24, 2.45) is 11.7 Å². The lowest BCUT2D eigenvalue weighted by Crippen LogP contribution is -2.53. The molecule has 0 aliphatic rings. The number of carbonyl (C=O) groups is 3. The molecule has 0 rings (SSSR count). The number of nitrogens with two attached hydrogens (primary N) is 1. The topological polar surface area (TPSA) is 122 Å². The molecule has 0 fully saturated rings. The van der Waals surface area contributed by atoms with Gasteiger partial charge in [0.25, 0.3) is 0 Å². The van der Waals surface area contributed by atoms with Crippen LogP contribution in [0.5, 0.6) is 0 Å². The van der Waals surface area contributed by atoms with Crippen LogP contribution in [0.3, 0.4) is 0 Å². The van der Waals surface area contributed by atoms with Gasteiger partial charge in [-0.15, -0.1) is 0 Å². The molecule has 7 nitrogen and oxygen atoms in total. The molecule has 0 aliphatic carbocycles. The Bertz CT molecular complexity index is 342. The second kappa shape index (κ2) is 7.73. The average molecular weight is 273 g/mol. The maximum Gasteiger partial charge on any atom is 0.325 e. The molecule has 0 heterocycles. The van der Waals surface area contributed by atoms with Crippen molar-refractivity contribution in [3.63, 3.8) is 0 Å². The molecular weight excluding hydrogens is 250 g/mol. The Morgan fingerprint density at radius 1 is 1.05 bits per heavy atom. The van der Waals surface area contributed by atoms with Gasteiger partial charge < -0.3 is 21.5 Å². The van der Waals surface area contributed by atoms with Crippen molar-refractivity contribution >= 4 is 17.8 Å². The van der Waals surface area contributed by atoms with Gasteiger partial charge in [-0.05, 0) is 26.2 Å². The summed E-state index contributed by atoms with van der Waals surface area (Å²) in [4.78, 5) is 34.1. The first-order valence-electron chi connectivity index (χ1n) is 6.24. The van der Waals surface area contributed by atoms with Crippen LogP contribution in [0.4, 0.5) is 0 Å². The van der Waals surface area contributed by atoms with Crippen molar-refractivity contribution in [3.8, 4) is 0 Å². The van der Waals surface area contributed by atoms with Crippen molar-refractivity contribution in [1.82, 2.24) is 10.6 Å². The number of hydrogen-bond donors (Lipinski definition) is 4. The van der Waals surface area contributed by atoms with E-state index >= 15 is 0 Å². The van der Waals surface area contributed by atoms with Crippen LogP contribution >= 0.6 is 0 Å². The fraction of sp³-hybridized carbons (Fsp3) is 0.750. The third-order valence-corrected chi connectivity index (χ3v) is 2.48. The highest BCUT2D eigenvalue weighted by Gasteiger charge is 2.25. The van der Waals surface area contributed by atoms with Crippen LogP contribution in [0.25, 0.3) is 0 Å². The normalized spacial score (nSPS) is 15.5. The van der Waals surface area contributed by atoms with Gasteiger partial charge >= 0.3 is 5.97 Å². The standard InChI is InChI=1S/C12H23N3O4/c1-6(2)5-9(15-10(16)7(3)13)11(17)14-8(4)12(18)19/h6-9H,5,13H2,1-4H3,(H,14,17)(H,15,16)(H,18,19). The Morgan fingerprint density at radius 2 is 1.58 bits per heavy atom. The largest absolute Gasteiger partial charge is 0.480 e. The summed E-state index contributed by atoms with van der Waals surface area (Å²) in [6.07, 6.45) is 0.413. The highest BCUT2D eigenvalue weighted by Crippen LogP contribution is 2.05. The Balaban J connectivity index is 4.69. The fourth-order valence-electron chi connectivity index (χ4n) is 1.38. The molecular formula is C12H23N3O4. The SMILES string of the molecule is CC(C)CC(NC(=O)C(C)N)C(=O)NC(C)C(=O)O. The number of carboxylic acid groups (broad SMARTS) is 1. The Kier molecular flexibility index (Phi) is 7.06. The Morgan fingerprint density at radius 3 is 1.95 bits per heavy atom. The second-order valence-corrected chi connectivity index (χ2v) is 5.05. The fourth-order valence-corrected chi connectivity index (χ4v) is 1.38. The lowest BCUT2D eigenvalue weighted by atomic mass is 10.0. The van der Waals surface area contributed by atoms with Crippen LogP contribution < -0.4 is 16.4 Å². The van der Waals surface area contributed by atoms with E-state index in [1.165, 1.54) is 13.8 Å². The van der Waals surface area contributed by atoms with E-state index in [-0.39, 0.29) is 5.92 Å². The summed E-state index contributed by atoms with van der Waals surface area (Å²) in [5.74, 6) is -1.92. The van der Waals surface area contributed by atoms with Gasteiger partial charge in [0.15, 0.2) is 0 Å². The Hall–Kier alpha value is -1.63. The number of carboxylic acids is 1. The lowest BCUT2D eigenvalue weighted by molar-refractivity contribution is -0.141. The molecule has 0 aliphatic heterocycles. The first-order valence-corrected chi connectivity index (χ1v) is 6.24. The van der Waals surface area contributed by atoms with E-state index < -0.39 is 35.9 Å². The summed E-state index contributed by atoms with van der Waals surface area (Å²) in [5.41, 5.74) is 5.43. The molecule has 3 unspecified atom stereocenters. The molecule has 0 bridgehead atoms. The highest BCUT2D eigenvalue weighted by atomic mass is 16.4. The molecule has 0 saturated heterocycles. The highest BCUT2D eigenvalue weighted by molar-refractivity contribution is 5.91. The van der Waals surface area contributed by atoms with E-state index in [0.717, 1.165) is 0 Å². The molecule has 5 N–H and O–H groups in total. The first kappa shape index (κ1) is 17.4. The first-order chi connectivity index (χ1) is 8.65. The van der Waals surface area contributed by atoms with Crippen molar-refractivity contribution < 1.29 is 19.5 Å². The van der Waals surface area contributed by atoms with Crippen molar-refractivity contribution in [3.05, 3.63) is 0 Å². The number of amides is 2. The van der Waals surface area contributed by atoms with Gasteiger partial charge in [-0.25, -0.2) is 0 Å². The molecule has 3 atom stereocenters. The number of aliphatic carboxylic acids is 1. The van der Waals surface area contributed by atoms with Gasteiger partial charge in [0.1, 0.15) is 12.1 Å². The van der Waals surface area contributed by atoms with Crippen molar-refractivity contribution in [2.45, 2.75) is 52.2 Å². The minimum Gasteiger partial charge on any atom is -0.480 e. The third kappa shape index (κ3) is 6.76. The molecule has 0 saturated carbocycles. The number of nitrogens with one attached hydrogen (secondary N) is 2. The molecule has 7 heteroatoms. The molecule has 2 amide bonds. The zero-order chi connectivity index (χ0) is 15.2. The van der Waals surface area contributed by atoms with Crippen molar-refractivity contribution in [2.75, 3.05) is 0 Å². The van der Waals surface area contributed by atoms with Gasteiger partial charge in [0.2, 0.25) is 11.8 Å². The van der Waals surface area contributed by atoms with Gasteiger partial charge in [0, 0.05) is 0 Å². The maximum atomic E-state index is 11.9. The number of carbonyl (C=O) groups excluding carboxylic acids is 2. The van der Waals surface area contributed by atoms with Crippen LogP contribution in [-0.2, 0) is 14.4 Å². The van der Waals surface area contributed by atoms with Gasteiger partial charge in [0.05, 0.1) is 6.04 Å². The monoisotopic (exact) mass is 273 g/mol. The van der Waals surface area contributed by atoms with Crippen LogP contribution in [0.1, 0.15) is 34.1 Å². The lowest BCUT2D eigenvalue weighted by Gasteiger charge is -2.22. The summed E-state index contributed by atoms with van der Waals surface area (Å²) in [5, 5.41) is 13.6. The van der Waals surface area contributed by atoms with E-state index in [2.05, 4.69) is 10.6 Å². The van der Waals surface area contributed by atoms with Crippen molar-refractivity contribution in [1.29, 1.82) is 0 Å². The zero-order valence-electron chi connectivity index (χ0n) is 11.8. The predicted octanol–water partition coefficient (Wildman–Crippen LogP) is -0.546.